The number of rotatable bonds is 6. The quantitative estimate of drug-likeness (QED) is 0.296. The van der Waals surface area contributed by atoms with E-state index in [2.05, 4.69) is 10.2 Å². The highest BCUT2D eigenvalue weighted by Crippen LogP contribution is 2.33. The summed E-state index contributed by atoms with van der Waals surface area (Å²) in [4.78, 5) is 27.1. The number of piperazine rings is 1. The summed E-state index contributed by atoms with van der Waals surface area (Å²) >= 11 is 6.03. The summed E-state index contributed by atoms with van der Waals surface area (Å²) in [7, 11) is 0. The third kappa shape index (κ3) is 5.34. The molecule has 0 atom stereocenters. The Hall–Kier alpha value is -3.81. The third-order valence-corrected chi connectivity index (χ3v) is 5.67. The van der Waals surface area contributed by atoms with Gasteiger partial charge >= 0.3 is 0 Å². The maximum Gasteiger partial charge on any atom is 0.271 e. The van der Waals surface area contributed by atoms with Crippen LogP contribution in [-0.4, -0.2) is 53.6 Å². The fourth-order valence-electron chi connectivity index (χ4n) is 3.58. The van der Waals surface area contributed by atoms with Gasteiger partial charge in [0, 0.05) is 51.1 Å². The Morgan fingerprint density at radius 2 is 1.94 bits per heavy atom. The lowest BCUT2D eigenvalue weighted by Crippen LogP contribution is -2.43. The van der Waals surface area contributed by atoms with E-state index in [0.29, 0.717) is 13.1 Å². The van der Waals surface area contributed by atoms with Gasteiger partial charge in [-0.25, -0.2) is 0 Å². The number of ether oxygens (including phenoxy) is 2. The second kappa shape index (κ2) is 9.77. The predicted octanol–water partition coefficient (Wildman–Crippen LogP) is 3.14. The van der Waals surface area contributed by atoms with Crippen molar-refractivity contribution in [3.8, 4) is 17.6 Å². The van der Waals surface area contributed by atoms with Crippen LogP contribution in [0.2, 0.25) is 5.02 Å². The topological polar surface area (TPSA) is 121 Å². The normalized spacial score (nSPS) is 15.8. The fraction of sp³-hybridized carbons (Fsp3) is 0.273. The SMILES string of the molecule is N#C/C(=C/N1CCN(Cc2ccc3c(c2)OCO3)CC1)C(=O)Nc1cc([N+](=O)[O-])ccc1Cl. The van der Waals surface area contributed by atoms with Crippen molar-refractivity contribution in [1.29, 1.82) is 5.26 Å². The van der Waals surface area contributed by atoms with E-state index >= 15 is 0 Å². The van der Waals surface area contributed by atoms with Crippen LogP contribution in [-0.2, 0) is 11.3 Å². The molecular weight excluding hydrogens is 450 g/mol. The molecule has 2 aliphatic rings. The van der Waals surface area contributed by atoms with Crippen LogP contribution < -0.4 is 14.8 Å². The van der Waals surface area contributed by atoms with E-state index in [9.17, 15) is 20.2 Å². The lowest BCUT2D eigenvalue weighted by Gasteiger charge is -2.34. The predicted molar refractivity (Wildman–Crippen MR) is 120 cm³/mol. The number of carbonyl (C=O) groups excluding carboxylic acids is 1. The zero-order chi connectivity index (χ0) is 23.4. The van der Waals surface area contributed by atoms with Gasteiger partial charge in [0.1, 0.15) is 11.6 Å². The number of halogens is 1. The zero-order valence-electron chi connectivity index (χ0n) is 17.5. The van der Waals surface area contributed by atoms with Crippen LogP contribution in [0.4, 0.5) is 11.4 Å². The number of fused-ring (bicyclic) bond motifs is 1. The number of hydrogen-bond donors (Lipinski definition) is 1. The van der Waals surface area contributed by atoms with E-state index in [1.54, 1.807) is 0 Å². The standard InChI is InChI=1S/C22H20ClN5O5/c23-18-3-2-17(28(30)31)10-19(18)25-22(29)16(11-24)13-27-7-5-26(6-8-27)12-15-1-4-20-21(9-15)33-14-32-20/h1-4,9-10,13H,5-8,12,14H2,(H,25,29)/b16-13-. The van der Waals surface area contributed by atoms with Crippen LogP contribution in [0.25, 0.3) is 0 Å². The van der Waals surface area contributed by atoms with Gasteiger partial charge in [-0.15, -0.1) is 0 Å². The molecule has 0 radical (unpaired) electrons. The number of nitrogens with one attached hydrogen (secondary N) is 1. The molecule has 2 aromatic rings. The van der Waals surface area contributed by atoms with Gasteiger partial charge in [-0.1, -0.05) is 17.7 Å². The lowest BCUT2D eigenvalue weighted by molar-refractivity contribution is -0.384. The zero-order valence-corrected chi connectivity index (χ0v) is 18.2. The van der Waals surface area contributed by atoms with Gasteiger partial charge in [-0.05, 0) is 23.8 Å². The molecule has 0 unspecified atom stereocenters. The minimum atomic E-state index is -0.678. The molecule has 0 bridgehead atoms. The van der Waals surface area contributed by atoms with Gasteiger partial charge in [-0.3, -0.25) is 19.8 Å². The van der Waals surface area contributed by atoms with Crippen LogP contribution in [0.3, 0.4) is 0 Å². The Morgan fingerprint density at radius 3 is 2.67 bits per heavy atom. The molecule has 2 aromatic carbocycles. The van der Waals surface area contributed by atoms with Gasteiger partial charge in [0.05, 0.1) is 15.6 Å². The molecule has 10 nitrogen and oxygen atoms in total. The number of anilines is 1. The van der Waals surface area contributed by atoms with Crippen LogP contribution in [0.5, 0.6) is 11.5 Å². The Morgan fingerprint density at radius 1 is 1.18 bits per heavy atom. The van der Waals surface area contributed by atoms with Crippen LogP contribution in [0.1, 0.15) is 5.56 Å². The first kappa shape index (κ1) is 22.4. The molecule has 170 valence electrons. The molecule has 0 aliphatic carbocycles. The smallest absolute Gasteiger partial charge is 0.271 e. The summed E-state index contributed by atoms with van der Waals surface area (Å²) in [6, 6.07) is 11.5. The summed E-state index contributed by atoms with van der Waals surface area (Å²) in [6.07, 6.45) is 1.51. The van der Waals surface area contributed by atoms with E-state index in [4.69, 9.17) is 21.1 Å². The van der Waals surface area contributed by atoms with Gasteiger partial charge in [0.15, 0.2) is 11.5 Å². The van der Waals surface area contributed by atoms with E-state index in [1.165, 1.54) is 18.3 Å². The number of carbonyl (C=O) groups is 1. The van der Waals surface area contributed by atoms with E-state index in [-0.39, 0.29) is 28.8 Å². The van der Waals surface area contributed by atoms with Crippen molar-refractivity contribution in [2.24, 2.45) is 0 Å². The number of benzene rings is 2. The highest BCUT2D eigenvalue weighted by atomic mass is 35.5. The summed E-state index contributed by atoms with van der Waals surface area (Å²) in [6.45, 7) is 3.78. The number of nitriles is 1. The molecule has 1 amide bonds. The number of nitro groups is 1. The first-order chi connectivity index (χ1) is 15.9. The molecule has 2 heterocycles. The van der Waals surface area contributed by atoms with E-state index < -0.39 is 10.8 Å². The molecule has 0 saturated carbocycles. The number of non-ortho nitro benzene ring substituents is 1. The van der Waals surface area contributed by atoms with Gasteiger partial charge in [-0.2, -0.15) is 5.26 Å². The maximum absolute atomic E-state index is 12.6. The van der Waals surface area contributed by atoms with E-state index in [1.807, 2.05) is 29.2 Å². The van der Waals surface area contributed by atoms with Gasteiger partial charge < -0.3 is 19.7 Å². The summed E-state index contributed by atoms with van der Waals surface area (Å²) < 4.78 is 10.8. The molecular formula is C22H20ClN5O5. The Balaban J connectivity index is 1.35. The molecule has 1 N–H and O–H groups in total. The molecule has 33 heavy (non-hydrogen) atoms. The van der Waals surface area contributed by atoms with Crippen molar-refractivity contribution >= 4 is 28.9 Å². The van der Waals surface area contributed by atoms with Gasteiger partial charge in [0.25, 0.3) is 11.6 Å². The fourth-order valence-corrected chi connectivity index (χ4v) is 3.75. The monoisotopic (exact) mass is 469 g/mol. The second-order valence-electron chi connectivity index (χ2n) is 7.53. The molecule has 11 heteroatoms. The van der Waals surface area contributed by atoms with Crippen molar-refractivity contribution in [3.63, 3.8) is 0 Å². The molecule has 2 aliphatic heterocycles. The minimum absolute atomic E-state index is 0.0746. The number of nitrogens with zero attached hydrogens (tertiary/aromatic N) is 4. The average Bonchev–Trinajstić information content (AvgIpc) is 3.27. The summed E-state index contributed by atoms with van der Waals surface area (Å²) in [5.41, 5.74) is 0.872. The van der Waals surface area contributed by atoms with Crippen molar-refractivity contribution in [2.45, 2.75) is 6.54 Å². The number of nitro benzene ring substituents is 1. The Kier molecular flexibility index (Phi) is 6.63. The second-order valence-corrected chi connectivity index (χ2v) is 7.94. The van der Waals surface area contributed by atoms with Crippen LogP contribution >= 0.6 is 11.6 Å². The molecule has 1 saturated heterocycles. The van der Waals surface area contributed by atoms with E-state index in [0.717, 1.165) is 42.8 Å². The van der Waals surface area contributed by atoms with Crippen LogP contribution in [0, 0.1) is 21.4 Å². The summed E-state index contributed by atoms with van der Waals surface area (Å²) in [5, 5.41) is 23.0. The Bertz CT molecular complexity index is 1150. The highest BCUT2D eigenvalue weighted by molar-refractivity contribution is 6.34. The molecule has 0 aromatic heterocycles. The average molecular weight is 470 g/mol. The molecule has 0 spiro atoms. The van der Waals surface area contributed by atoms with Crippen molar-refractivity contribution < 1.29 is 19.2 Å². The van der Waals surface area contributed by atoms with Gasteiger partial charge in [0.2, 0.25) is 6.79 Å². The minimum Gasteiger partial charge on any atom is -0.454 e. The largest absolute Gasteiger partial charge is 0.454 e. The number of amides is 1. The third-order valence-electron chi connectivity index (χ3n) is 5.34. The molecule has 1 fully saturated rings. The first-order valence-corrected chi connectivity index (χ1v) is 10.5. The summed E-state index contributed by atoms with van der Waals surface area (Å²) in [5.74, 6) is 0.827. The highest BCUT2D eigenvalue weighted by Gasteiger charge is 2.20. The first-order valence-electron chi connectivity index (χ1n) is 10.1. The number of hydrogen-bond acceptors (Lipinski definition) is 8. The van der Waals surface area contributed by atoms with Crippen molar-refractivity contribution in [1.82, 2.24) is 9.80 Å². The Labute approximate surface area is 194 Å². The lowest BCUT2D eigenvalue weighted by atomic mass is 10.1. The van der Waals surface area contributed by atoms with Crippen LogP contribution in [0.15, 0.2) is 48.2 Å². The maximum atomic E-state index is 12.6. The van der Waals surface area contributed by atoms with Crippen molar-refractivity contribution in [3.05, 3.63) is 68.9 Å². The van der Waals surface area contributed by atoms with Crippen molar-refractivity contribution in [2.75, 3.05) is 38.3 Å². The molecule has 4 rings (SSSR count).